The minimum absolute atomic E-state index is 0.0833. The molecule has 208 valence electrons. The Hall–Kier alpha value is -2.77. The van der Waals surface area contributed by atoms with Crippen LogP contribution in [0.25, 0.3) is 0 Å². The number of methoxy groups -OCH3 is 2. The van der Waals surface area contributed by atoms with Crippen molar-refractivity contribution in [1.29, 1.82) is 0 Å². The Labute approximate surface area is 222 Å². The minimum Gasteiger partial charge on any atom is -0.454 e. The van der Waals surface area contributed by atoms with Gasteiger partial charge in [-0.1, -0.05) is 41.6 Å². The summed E-state index contributed by atoms with van der Waals surface area (Å²) in [6, 6.07) is 14.9. The van der Waals surface area contributed by atoms with Crippen molar-refractivity contribution in [3.8, 4) is 11.5 Å². The second-order valence-corrected chi connectivity index (χ2v) is 9.21. The third-order valence-corrected chi connectivity index (χ3v) is 5.97. The lowest BCUT2D eigenvalue weighted by atomic mass is 9.94. The molecule has 2 aromatic carbocycles. The third-order valence-electron chi connectivity index (χ3n) is 5.97. The molecule has 0 saturated carbocycles. The Morgan fingerprint density at radius 1 is 1.00 bits per heavy atom. The second-order valence-electron chi connectivity index (χ2n) is 9.21. The molecule has 2 aromatic rings. The van der Waals surface area contributed by atoms with Crippen LogP contribution in [0, 0.1) is 0 Å². The number of oxime groups is 1. The maximum atomic E-state index is 11.5. The highest BCUT2D eigenvalue weighted by molar-refractivity contribution is 5.64. The van der Waals surface area contributed by atoms with E-state index in [0.717, 1.165) is 5.56 Å². The van der Waals surface area contributed by atoms with Crippen molar-refractivity contribution in [2.24, 2.45) is 5.16 Å². The number of aliphatic hydroxyl groups excluding tert-OH is 1. The fourth-order valence-corrected chi connectivity index (χ4v) is 4.30. The number of hydrogen-bond acceptors (Lipinski definition) is 11. The van der Waals surface area contributed by atoms with Crippen molar-refractivity contribution in [3.63, 3.8) is 0 Å². The van der Waals surface area contributed by atoms with Crippen LogP contribution in [-0.2, 0) is 39.9 Å². The van der Waals surface area contributed by atoms with Crippen LogP contribution >= 0.6 is 0 Å². The molecule has 4 rings (SSSR count). The average molecular weight is 534 g/mol. The van der Waals surface area contributed by atoms with E-state index in [1.807, 2.05) is 30.3 Å². The van der Waals surface area contributed by atoms with Crippen LogP contribution in [0.4, 0.5) is 0 Å². The molecule has 1 unspecified atom stereocenters. The molecule has 11 heteroatoms. The SMILES string of the molecule is COCO[C@H]([C@H]1OC(C)(C)O[C@H]1/C=N\OCc1ccccc1)[C@H](OCOC)C(O)c1ccc2c(c1)OCO2. The van der Waals surface area contributed by atoms with E-state index in [4.69, 9.17) is 42.7 Å². The fourth-order valence-electron chi connectivity index (χ4n) is 4.30. The number of nitrogens with zero attached hydrogens (tertiary/aromatic N) is 1. The first-order chi connectivity index (χ1) is 18.4. The van der Waals surface area contributed by atoms with Gasteiger partial charge in [0, 0.05) is 14.2 Å². The summed E-state index contributed by atoms with van der Waals surface area (Å²) < 4.78 is 45.5. The van der Waals surface area contributed by atoms with Crippen LogP contribution < -0.4 is 9.47 Å². The molecule has 0 amide bonds. The number of hydrogen-bond donors (Lipinski definition) is 1. The Bertz CT molecular complexity index is 1030. The van der Waals surface area contributed by atoms with Gasteiger partial charge in [-0.15, -0.1) is 0 Å². The van der Waals surface area contributed by atoms with Gasteiger partial charge in [0.15, 0.2) is 17.3 Å². The van der Waals surface area contributed by atoms with Gasteiger partial charge in [-0.05, 0) is 37.1 Å². The molecule has 11 nitrogen and oxygen atoms in total. The zero-order valence-corrected chi connectivity index (χ0v) is 22.0. The zero-order chi connectivity index (χ0) is 27.0. The zero-order valence-electron chi connectivity index (χ0n) is 22.0. The Kier molecular flexibility index (Phi) is 9.91. The molecule has 1 saturated heterocycles. The maximum Gasteiger partial charge on any atom is 0.231 e. The summed E-state index contributed by atoms with van der Waals surface area (Å²) in [5.41, 5.74) is 1.52. The molecule has 5 atom stereocenters. The standard InChI is InChI=1S/C27H35NO10/c1-27(2)37-22(13-28-36-14-18-8-6-5-7-9-18)24(38-27)26(35-16-31-4)25(34-15-30-3)23(29)19-10-11-20-21(12-19)33-17-32-20/h5-13,22-26,29H,14-17H2,1-4H3/b28-13-/t22-,23?,24-,25+,26+/m0/s1. The van der Waals surface area contributed by atoms with Crippen LogP contribution in [0.1, 0.15) is 31.1 Å². The summed E-state index contributed by atoms with van der Waals surface area (Å²) in [5.74, 6) is 0.164. The average Bonchev–Trinajstić information content (AvgIpc) is 3.51. The van der Waals surface area contributed by atoms with Crippen LogP contribution in [0.2, 0.25) is 0 Å². The lowest BCUT2D eigenvalue weighted by Gasteiger charge is -2.34. The predicted molar refractivity (Wildman–Crippen MR) is 135 cm³/mol. The summed E-state index contributed by atoms with van der Waals surface area (Å²) in [6.45, 7) is 3.80. The molecule has 0 aromatic heterocycles. The van der Waals surface area contributed by atoms with E-state index < -0.39 is 36.3 Å². The van der Waals surface area contributed by atoms with Gasteiger partial charge in [0.1, 0.15) is 50.7 Å². The van der Waals surface area contributed by atoms with Gasteiger partial charge in [-0.3, -0.25) is 0 Å². The first-order valence-corrected chi connectivity index (χ1v) is 12.3. The number of ether oxygens (including phenoxy) is 8. The molecule has 0 aliphatic carbocycles. The first-order valence-electron chi connectivity index (χ1n) is 12.3. The fraction of sp³-hybridized carbons (Fsp3) is 0.519. The summed E-state index contributed by atoms with van der Waals surface area (Å²) >= 11 is 0. The summed E-state index contributed by atoms with van der Waals surface area (Å²) in [7, 11) is 3.00. The molecule has 0 radical (unpaired) electrons. The van der Waals surface area contributed by atoms with E-state index in [1.165, 1.54) is 20.4 Å². The van der Waals surface area contributed by atoms with Crippen molar-refractivity contribution >= 4 is 6.21 Å². The molecule has 2 aliphatic heterocycles. The topological polar surface area (TPSA) is 116 Å². The van der Waals surface area contributed by atoms with Gasteiger partial charge >= 0.3 is 0 Å². The lowest BCUT2D eigenvalue weighted by molar-refractivity contribution is -0.223. The van der Waals surface area contributed by atoms with Gasteiger partial charge in [-0.25, -0.2) is 0 Å². The lowest BCUT2D eigenvalue weighted by Crippen LogP contribution is -2.49. The minimum atomic E-state index is -1.15. The molecule has 1 fully saturated rings. The largest absolute Gasteiger partial charge is 0.454 e. The predicted octanol–water partition coefficient (Wildman–Crippen LogP) is 3.15. The highest BCUT2D eigenvalue weighted by Gasteiger charge is 2.49. The van der Waals surface area contributed by atoms with Gasteiger partial charge in [0.05, 0.1) is 6.21 Å². The van der Waals surface area contributed by atoms with Crippen LogP contribution in [0.5, 0.6) is 11.5 Å². The number of rotatable bonds is 14. The monoisotopic (exact) mass is 533 g/mol. The van der Waals surface area contributed by atoms with E-state index in [0.29, 0.717) is 23.7 Å². The van der Waals surface area contributed by atoms with Crippen LogP contribution in [0.15, 0.2) is 53.7 Å². The van der Waals surface area contributed by atoms with Gasteiger partial charge in [0.25, 0.3) is 0 Å². The molecular formula is C27H35NO10. The smallest absolute Gasteiger partial charge is 0.231 e. The highest BCUT2D eigenvalue weighted by Crippen LogP contribution is 2.38. The summed E-state index contributed by atoms with van der Waals surface area (Å²) in [6.07, 6.45) is -2.87. The number of fused-ring (bicyclic) bond motifs is 1. The van der Waals surface area contributed by atoms with Crippen LogP contribution in [-0.4, -0.2) is 76.1 Å². The highest BCUT2D eigenvalue weighted by atomic mass is 16.8. The quantitative estimate of drug-likeness (QED) is 0.221. The molecule has 2 heterocycles. The van der Waals surface area contributed by atoms with Crippen molar-refractivity contribution in [2.45, 2.75) is 56.8 Å². The third kappa shape index (κ3) is 7.20. The Balaban J connectivity index is 1.56. The number of benzene rings is 2. The molecule has 0 bridgehead atoms. The molecule has 0 spiro atoms. The molecule has 38 heavy (non-hydrogen) atoms. The van der Waals surface area contributed by atoms with E-state index in [1.54, 1.807) is 32.0 Å². The normalized spacial score (nSPS) is 22.4. The van der Waals surface area contributed by atoms with Crippen molar-refractivity contribution in [2.75, 3.05) is 34.6 Å². The molecule has 2 aliphatic rings. The van der Waals surface area contributed by atoms with Crippen molar-refractivity contribution < 1.29 is 47.8 Å². The van der Waals surface area contributed by atoms with E-state index in [9.17, 15) is 5.11 Å². The molecule has 1 N–H and O–H groups in total. The maximum absolute atomic E-state index is 11.5. The van der Waals surface area contributed by atoms with E-state index in [2.05, 4.69) is 5.16 Å². The Morgan fingerprint density at radius 2 is 1.74 bits per heavy atom. The first kappa shape index (κ1) is 28.2. The molecular weight excluding hydrogens is 498 g/mol. The number of aliphatic hydroxyl groups is 1. The van der Waals surface area contributed by atoms with Crippen molar-refractivity contribution in [3.05, 3.63) is 59.7 Å². The van der Waals surface area contributed by atoms with Gasteiger partial charge < -0.3 is 47.8 Å². The summed E-state index contributed by atoms with van der Waals surface area (Å²) in [4.78, 5) is 5.49. The van der Waals surface area contributed by atoms with Gasteiger partial charge in [-0.2, -0.15) is 0 Å². The Morgan fingerprint density at radius 3 is 2.50 bits per heavy atom. The van der Waals surface area contributed by atoms with Crippen LogP contribution in [0.3, 0.4) is 0 Å². The van der Waals surface area contributed by atoms with E-state index >= 15 is 0 Å². The second kappa shape index (κ2) is 13.3. The summed E-state index contributed by atoms with van der Waals surface area (Å²) in [5, 5.41) is 15.6. The van der Waals surface area contributed by atoms with E-state index in [-0.39, 0.29) is 20.4 Å². The van der Waals surface area contributed by atoms with Gasteiger partial charge in [0.2, 0.25) is 6.79 Å². The van der Waals surface area contributed by atoms with Crippen molar-refractivity contribution in [1.82, 2.24) is 0 Å².